The molecule has 0 radical (unpaired) electrons. The van der Waals surface area contributed by atoms with Crippen LogP contribution in [0.2, 0.25) is 0 Å². The van der Waals surface area contributed by atoms with E-state index in [-0.39, 0.29) is 23.5 Å². The van der Waals surface area contributed by atoms with Crippen LogP contribution in [0.5, 0.6) is 0 Å². The molecule has 17 nitrogen and oxygen atoms in total. The third kappa shape index (κ3) is 7.57. The summed E-state index contributed by atoms with van der Waals surface area (Å²) >= 11 is 0. The maximum absolute atomic E-state index is 13.1. The van der Waals surface area contributed by atoms with E-state index in [4.69, 9.17) is 25.7 Å². The molecule has 0 spiro atoms. The summed E-state index contributed by atoms with van der Waals surface area (Å²) in [5.41, 5.74) is 12.6. The molecule has 7 N–H and O–H groups in total. The Labute approximate surface area is 248 Å². The van der Waals surface area contributed by atoms with Crippen molar-refractivity contribution < 1.29 is 46.1 Å². The smallest absolute Gasteiger partial charge is 0.397 e. The molecule has 2 fully saturated rings. The third-order valence-corrected chi connectivity index (χ3v) is 8.02. The Bertz CT molecular complexity index is 1400. The highest BCUT2D eigenvalue weighted by atomic mass is 32.3. The highest BCUT2D eigenvalue weighted by Crippen LogP contribution is 2.37. The minimum atomic E-state index is -4.93. The number of rotatable bonds is 12. The van der Waals surface area contributed by atoms with Crippen molar-refractivity contribution in [1.29, 1.82) is 0 Å². The topological polar surface area (TPSA) is 253 Å². The van der Waals surface area contributed by atoms with Gasteiger partial charge in [0.1, 0.15) is 24.5 Å². The predicted molar refractivity (Wildman–Crippen MR) is 149 cm³/mol. The Balaban J connectivity index is 1.74. The molecule has 240 valence electrons. The van der Waals surface area contributed by atoms with E-state index in [0.717, 1.165) is 12.8 Å². The van der Waals surface area contributed by atoms with Gasteiger partial charge in [-0.3, -0.25) is 18.7 Å². The fourth-order valence-electron chi connectivity index (χ4n) is 4.88. The first-order valence-electron chi connectivity index (χ1n) is 14.0. The van der Waals surface area contributed by atoms with Gasteiger partial charge in [0.05, 0.1) is 25.1 Å². The summed E-state index contributed by atoms with van der Waals surface area (Å²) in [5, 5.41) is 13.5. The molecule has 2 aromatic rings. The van der Waals surface area contributed by atoms with Gasteiger partial charge in [0.25, 0.3) is 0 Å². The van der Waals surface area contributed by atoms with Crippen LogP contribution in [-0.2, 0) is 38.4 Å². The summed E-state index contributed by atoms with van der Waals surface area (Å²) in [6.07, 6.45) is -1.23. The van der Waals surface area contributed by atoms with Gasteiger partial charge in [0.2, 0.25) is 0 Å². The predicted octanol–water partition coefficient (Wildman–Crippen LogP) is -0.341. The Morgan fingerprint density at radius 2 is 1.70 bits per heavy atom. The Morgan fingerprint density at radius 1 is 1.07 bits per heavy atom. The van der Waals surface area contributed by atoms with Gasteiger partial charge in [0.15, 0.2) is 35.4 Å². The van der Waals surface area contributed by atoms with Gasteiger partial charge in [-0.05, 0) is 31.1 Å². The van der Waals surface area contributed by atoms with E-state index in [1.165, 1.54) is 17.2 Å². The van der Waals surface area contributed by atoms with Crippen LogP contribution in [0.1, 0.15) is 53.2 Å². The molecule has 2 aromatic heterocycles. The summed E-state index contributed by atoms with van der Waals surface area (Å²) in [6.45, 7) is 6.03. The largest absolute Gasteiger partial charge is 0.454 e. The van der Waals surface area contributed by atoms with E-state index < -0.39 is 71.7 Å². The first kappa shape index (κ1) is 32.9. The molecule has 3 heterocycles. The number of carbonyl (C=O) groups excluding carboxylic acids is 2. The summed E-state index contributed by atoms with van der Waals surface area (Å²) in [4.78, 5) is 39.0. The minimum absolute atomic E-state index is 0.226. The zero-order valence-electron chi connectivity index (χ0n) is 24.3. The molecule has 8 atom stereocenters. The Morgan fingerprint density at radius 3 is 2.26 bits per heavy atom. The summed E-state index contributed by atoms with van der Waals surface area (Å²) in [6, 6.07) is -2.37. The summed E-state index contributed by atoms with van der Waals surface area (Å²) in [7, 11) is -4.93. The van der Waals surface area contributed by atoms with Crippen molar-refractivity contribution in [3.05, 3.63) is 12.7 Å². The van der Waals surface area contributed by atoms with Crippen molar-refractivity contribution in [1.82, 2.24) is 19.5 Å². The standard InChI is InChI=1S/C25H39N7O10S/c1-11(2)16(26)24(34)41-19-15(8-39-43(36,37)38)40-23(20(19)42-25(35)17(27)12(3)4)32-10-30-18-21(28-9-29-22(18)32)31-13-6-5-7-14(13)33/h9-17,19-20,23,33H,5-8,26-27H2,1-4H3,(H,28,29,31)(H,36,37,38)/t13-,14-,15-,16+,17-,19-,20-,23-/m1/s1. The lowest BCUT2D eigenvalue weighted by molar-refractivity contribution is -0.171. The van der Waals surface area contributed by atoms with Crippen LogP contribution in [0.15, 0.2) is 12.7 Å². The number of carbonyl (C=O) groups is 2. The van der Waals surface area contributed by atoms with Crippen molar-refractivity contribution >= 4 is 39.3 Å². The molecule has 0 aromatic carbocycles. The SMILES string of the molecule is CC(C)[C@H](N)C(=O)O[C@H]1[C@@H](OC(=O)[C@H](N)C(C)C)[C@H](n2cnc3c(N[C@@H]4CCC[C@H]4O)ncnc32)O[C@@H]1COS(=O)(=O)O. The Kier molecular flexibility index (Phi) is 10.2. The molecule has 4 rings (SSSR count). The molecule has 2 aliphatic rings. The van der Waals surface area contributed by atoms with Gasteiger partial charge in [-0.15, -0.1) is 0 Å². The van der Waals surface area contributed by atoms with Gasteiger partial charge in [-0.2, -0.15) is 8.42 Å². The first-order valence-corrected chi connectivity index (χ1v) is 15.4. The molecule has 0 bridgehead atoms. The van der Waals surface area contributed by atoms with E-state index in [9.17, 15) is 27.7 Å². The number of anilines is 1. The molecule has 18 heteroatoms. The number of nitrogens with two attached hydrogens (primary N) is 2. The average molecular weight is 630 g/mol. The van der Waals surface area contributed by atoms with Crippen LogP contribution in [0.4, 0.5) is 5.82 Å². The number of fused-ring (bicyclic) bond motifs is 1. The minimum Gasteiger partial charge on any atom is -0.454 e. The van der Waals surface area contributed by atoms with Crippen molar-refractivity contribution in [3.8, 4) is 0 Å². The van der Waals surface area contributed by atoms with E-state index in [0.29, 0.717) is 17.8 Å². The molecule has 1 saturated carbocycles. The second-order valence-electron chi connectivity index (χ2n) is 11.4. The number of imidazole rings is 1. The second kappa shape index (κ2) is 13.3. The molecule has 0 amide bonds. The maximum Gasteiger partial charge on any atom is 0.397 e. The molecular weight excluding hydrogens is 590 g/mol. The third-order valence-electron chi connectivity index (χ3n) is 7.59. The fourth-order valence-corrected chi connectivity index (χ4v) is 5.19. The van der Waals surface area contributed by atoms with Crippen molar-refractivity contribution in [2.75, 3.05) is 11.9 Å². The monoisotopic (exact) mass is 629 g/mol. The van der Waals surface area contributed by atoms with E-state index in [1.807, 2.05) is 0 Å². The van der Waals surface area contributed by atoms with Crippen molar-refractivity contribution in [2.24, 2.45) is 23.3 Å². The number of nitrogens with one attached hydrogen (secondary N) is 1. The second-order valence-corrected chi connectivity index (χ2v) is 12.5. The number of hydrogen-bond donors (Lipinski definition) is 5. The van der Waals surface area contributed by atoms with Crippen LogP contribution < -0.4 is 16.8 Å². The van der Waals surface area contributed by atoms with E-state index in [1.54, 1.807) is 27.7 Å². The normalized spacial score (nSPS) is 27.5. The zero-order valence-corrected chi connectivity index (χ0v) is 25.1. The van der Waals surface area contributed by atoms with Gasteiger partial charge >= 0.3 is 22.3 Å². The number of aliphatic hydroxyl groups is 1. The summed E-state index contributed by atoms with van der Waals surface area (Å²) in [5.74, 6) is -2.00. The van der Waals surface area contributed by atoms with E-state index in [2.05, 4.69) is 24.5 Å². The van der Waals surface area contributed by atoms with Gasteiger partial charge < -0.3 is 36.1 Å². The van der Waals surface area contributed by atoms with Gasteiger partial charge in [-0.1, -0.05) is 27.7 Å². The number of aliphatic hydroxyl groups excluding tert-OH is 1. The number of esters is 2. The maximum atomic E-state index is 13.1. The average Bonchev–Trinajstić information content (AvgIpc) is 3.64. The molecule has 43 heavy (non-hydrogen) atoms. The van der Waals surface area contributed by atoms with Crippen LogP contribution >= 0.6 is 0 Å². The molecule has 1 aliphatic heterocycles. The molecule has 0 unspecified atom stereocenters. The molecule has 1 saturated heterocycles. The molecule has 1 aliphatic carbocycles. The highest BCUT2D eigenvalue weighted by molar-refractivity contribution is 7.80. The van der Waals surface area contributed by atoms with Crippen LogP contribution in [-0.4, -0.2) is 98.7 Å². The van der Waals surface area contributed by atoms with Crippen LogP contribution in [0.3, 0.4) is 0 Å². The van der Waals surface area contributed by atoms with Crippen molar-refractivity contribution in [3.63, 3.8) is 0 Å². The quantitative estimate of drug-likeness (QED) is 0.149. The fraction of sp³-hybridized carbons (Fsp3) is 0.720. The first-order chi connectivity index (χ1) is 20.2. The zero-order chi connectivity index (χ0) is 31.6. The van der Waals surface area contributed by atoms with Crippen LogP contribution in [0, 0.1) is 11.8 Å². The lowest BCUT2D eigenvalue weighted by atomic mass is 10.0. The lowest BCUT2D eigenvalue weighted by Crippen LogP contribution is -2.48. The lowest BCUT2D eigenvalue weighted by Gasteiger charge is -2.27. The highest BCUT2D eigenvalue weighted by Gasteiger charge is 2.52. The number of hydrogen-bond acceptors (Lipinski definition) is 15. The Hall–Kier alpha value is -3.00. The van der Waals surface area contributed by atoms with E-state index >= 15 is 0 Å². The number of nitrogens with zero attached hydrogens (tertiary/aromatic N) is 4. The molecular formula is C25H39N7O10S. The number of ether oxygens (including phenoxy) is 3. The van der Waals surface area contributed by atoms with Crippen LogP contribution in [0.25, 0.3) is 11.2 Å². The number of aromatic nitrogens is 4. The van der Waals surface area contributed by atoms with Crippen molar-refractivity contribution in [2.45, 2.75) is 95.7 Å². The van der Waals surface area contributed by atoms with Gasteiger partial charge in [-0.25, -0.2) is 19.1 Å². The van der Waals surface area contributed by atoms with Gasteiger partial charge in [0, 0.05) is 0 Å². The summed E-state index contributed by atoms with van der Waals surface area (Å²) < 4.78 is 55.5.